The number of allylic oxidation sites excluding steroid dienone is 1. The highest BCUT2D eigenvalue weighted by Crippen LogP contribution is 2.47. The van der Waals surface area contributed by atoms with Gasteiger partial charge in [0, 0.05) is 24.4 Å². The number of carbonyl (C=O) groups is 4. The Balaban J connectivity index is 1.90. The first-order chi connectivity index (χ1) is 20.2. The molecule has 0 aromatic heterocycles. The van der Waals surface area contributed by atoms with Crippen LogP contribution in [-0.2, 0) is 24.4 Å². The molecule has 1 aliphatic heterocycles. The number of nitrogens with one attached hydrogen (secondary N) is 2. The molecule has 2 aliphatic carbocycles. The fourth-order valence-corrected chi connectivity index (χ4v) is 7.62. The smallest absolute Gasteiger partial charge is 0.408 e. The van der Waals surface area contributed by atoms with E-state index in [1.165, 1.54) is 11.0 Å². The van der Waals surface area contributed by atoms with Gasteiger partial charge in [0.05, 0.1) is 10.9 Å². The number of likely N-dealkylation sites (tertiary alicyclic amines) is 1. The summed E-state index contributed by atoms with van der Waals surface area (Å²) in [6.45, 7) is 17.7. The summed E-state index contributed by atoms with van der Waals surface area (Å²) in [6.07, 6.45) is 3.91. The van der Waals surface area contributed by atoms with Crippen LogP contribution in [0.4, 0.5) is 4.79 Å². The number of β-amino-alcohol motifs (C(OH)–C–C–N with tert-alkyl or cyclic N) is 1. The third-order valence-electron chi connectivity index (χ3n) is 9.38. The summed E-state index contributed by atoms with van der Waals surface area (Å²) >= 11 is 0. The lowest BCUT2D eigenvalue weighted by Gasteiger charge is -2.43. The number of hydrogen-bond acceptors (Lipinski definition) is 7. The van der Waals surface area contributed by atoms with Crippen LogP contribution in [-0.4, -0.2) is 92.8 Å². The number of carbonyl (C=O) groups excluding carboxylic acids is 3. The maximum absolute atomic E-state index is 14.3. The second-order valence-corrected chi connectivity index (χ2v) is 16.4. The Morgan fingerprint density at radius 1 is 1.16 bits per heavy atom. The lowest BCUT2D eigenvalue weighted by atomic mass is 9.85. The van der Waals surface area contributed by atoms with Crippen molar-refractivity contribution in [2.75, 3.05) is 6.54 Å². The van der Waals surface area contributed by atoms with Crippen molar-refractivity contribution in [2.24, 2.45) is 17.8 Å². The van der Waals surface area contributed by atoms with Gasteiger partial charge in [-0.15, -0.1) is 13.2 Å². The molecule has 1 unspecified atom stereocenters. The zero-order valence-corrected chi connectivity index (χ0v) is 27.7. The van der Waals surface area contributed by atoms with E-state index in [0.29, 0.717) is 19.3 Å². The molecule has 3 rings (SSSR count). The third kappa shape index (κ3) is 7.30. The number of rotatable bonds is 14. The number of aliphatic hydroxyl groups excluding tert-OH is 1. The maximum Gasteiger partial charge on any atom is 0.408 e. The molecule has 4 N–H and O–H groups in total. The molecule has 12 nitrogen and oxygen atoms in total. The van der Waals surface area contributed by atoms with Crippen LogP contribution in [0.15, 0.2) is 25.3 Å². The van der Waals surface area contributed by atoms with E-state index in [2.05, 4.69) is 23.2 Å². The van der Waals surface area contributed by atoms with Gasteiger partial charge in [-0.2, -0.15) is 0 Å². The molecule has 0 aromatic carbocycles. The summed E-state index contributed by atoms with van der Waals surface area (Å²) in [7, 11) is -3.97. The Labute approximate surface area is 261 Å². The van der Waals surface area contributed by atoms with E-state index in [9.17, 15) is 37.8 Å². The first kappa shape index (κ1) is 35.5. The van der Waals surface area contributed by atoms with Crippen molar-refractivity contribution < 1.29 is 37.8 Å². The Bertz CT molecular complexity index is 1270. The van der Waals surface area contributed by atoms with Crippen molar-refractivity contribution in [1.29, 1.82) is 0 Å². The average Bonchev–Trinajstić information content (AvgIpc) is 3.79. The molecular formula is C31H50N4O8S. The molecule has 44 heavy (non-hydrogen) atoms. The first-order valence-corrected chi connectivity index (χ1v) is 16.9. The van der Waals surface area contributed by atoms with Crippen LogP contribution in [0.2, 0.25) is 0 Å². The summed E-state index contributed by atoms with van der Waals surface area (Å²) in [4.78, 5) is 56.3. The van der Waals surface area contributed by atoms with Crippen molar-refractivity contribution in [1.82, 2.24) is 19.8 Å². The average molecular weight is 639 g/mol. The molecule has 4 amide bonds. The van der Waals surface area contributed by atoms with Gasteiger partial charge in [0.2, 0.25) is 21.8 Å². The van der Waals surface area contributed by atoms with E-state index >= 15 is 0 Å². The molecular weight excluding hydrogens is 588 g/mol. The van der Waals surface area contributed by atoms with E-state index in [1.807, 2.05) is 19.9 Å². The van der Waals surface area contributed by atoms with Crippen molar-refractivity contribution >= 4 is 33.8 Å². The van der Waals surface area contributed by atoms with E-state index < -0.39 is 79.7 Å². The third-order valence-corrected chi connectivity index (χ3v) is 11.5. The number of carboxylic acid groups (broad SMARTS) is 1. The normalized spacial score (nSPS) is 27.8. The quantitative estimate of drug-likeness (QED) is 0.210. The number of amides is 4. The second kappa shape index (κ2) is 12.8. The lowest BCUT2D eigenvalue weighted by Crippen LogP contribution is -2.62. The van der Waals surface area contributed by atoms with Crippen molar-refractivity contribution in [3.05, 3.63) is 25.3 Å². The largest absolute Gasteiger partial charge is 0.465 e. The van der Waals surface area contributed by atoms with Crippen LogP contribution >= 0.6 is 0 Å². The second-order valence-electron chi connectivity index (χ2n) is 14.2. The standard InChI is InChI=1S/C31H50N4O8S/c1-9-11-12-19(3)15-20(4)24(35(28(40)41)29(5,6)7)26(38)34-18-22(36)16-23(34)25(37)32-31(17-21(31)10-2)27(39)33-44(42,43)30(8)13-14-30/h9-10,19-24,36H,1-2,11-18H2,3-8H3,(H,32,37)(H,33,39)(H,40,41)/t19?,20-,21-,22-,23+,24+,31-/m1/s1. The Morgan fingerprint density at radius 2 is 1.77 bits per heavy atom. The first-order valence-electron chi connectivity index (χ1n) is 15.4. The summed E-state index contributed by atoms with van der Waals surface area (Å²) in [5, 5.41) is 23.6. The Hall–Kier alpha value is -2.93. The number of nitrogens with zero attached hydrogens (tertiary/aromatic N) is 2. The summed E-state index contributed by atoms with van der Waals surface area (Å²) in [5.74, 6) is -3.01. The van der Waals surface area contributed by atoms with Crippen molar-refractivity contribution in [3.63, 3.8) is 0 Å². The fourth-order valence-electron chi connectivity index (χ4n) is 6.31. The van der Waals surface area contributed by atoms with Crippen molar-refractivity contribution in [3.8, 4) is 0 Å². The van der Waals surface area contributed by atoms with Gasteiger partial charge in [-0.3, -0.25) is 24.0 Å². The lowest BCUT2D eigenvalue weighted by molar-refractivity contribution is -0.146. The molecule has 3 aliphatic rings. The number of hydrogen-bond donors (Lipinski definition) is 4. The molecule has 0 bridgehead atoms. The van der Waals surface area contributed by atoms with Gasteiger partial charge in [-0.05, 0) is 78.1 Å². The fraction of sp³-hybridized carbons (Fsp3) is 0.742. The molecule has 0 aromatic rings. The predicted octanol–water partition coefficient (Wildman–Crippen LogP) is 2.78. The molecule has 2 saturated carbocycles. The SMILES string of the molecule is C=CCCC(C)C[C@@H](C)[C@@H](C(=O)N1C[C@H](O)C[C@H]1C(=O)N[C@]1(C(=O)NS(=O)(=O)C2(C)CC2)C[C@H]1C=C)N(C(=O)O)C(C)(C)C. The Kier molecular flexibility index (Phi) is 10.4. The highest BCUT2D eigenvalue weighted by molar-refractivity contribution is 7.91. The summed E-state index contributed by atoms with van der Waals surface area (Å²) in [6, 6.07) is -2.35. The van der Waals surface area contributed by atoms with Crippen LogP contribution < -0.4 is 10.0 Å². The zero-order valence-electron chi connectivity index (χ0n) is 26.8. The minimum Gasteiger partial charge on any atom is -0.465 e. The minimum absolute atomic E-state index is 0.121. The van der Waals surface area contributed by atoms with Gasteiger partial charge in [0.1, 0.15) is 17.6 Å². The minimum atomic E-state index is -3.97. The van der Waals surface area contributed by atoms with Gasteiger partial charge in [0.25, 0.3) is 5.91 Å². The number of aliphatic hydroxyl groups is 1. The molecule has 3 fully saturated rings. The van der Waals surface area contributed by atoms with E-state index in [1.54, 1.807) is 27.7 Å². The summed E-state index contributed by atoms with van der Waals surface area (Å²) in [5.41, 5.74) is -2.52. The van der Waals surface area contributed by atoms with Gasteiger partial charge >= 0.3 is 6.09 Å². The molecule has 0 spiro atoms. The van der Waals surface area contributed by atoms with E-state index in [0.717, 1.165) is 17.7 Å². The predicted molar refractivity (Wildman–Crippen MR) is 166 cm³/mol. The van der Waals surface area contributed by atoms with Crippen LogP contribution in [0.3, 0.4) is 0 Å². The highest BCUT2D eigenvalue weighted by atomic mass is 32.2. The van der Waals surface area contributed by atoms with Crippen LogP contribution in [0, 0.1) is 17.8 Å². The molecule has 248 valence electrons. The highest BCUT2D eigenvalue weighted by Gasteiger charge is 2.63. The van der Waals surface area contributed by atoms with E-state index in [-0.39, 0.29) is 25.3 Å². The van der Waals surface area contributed by atoms with Crippen molar-refractivity contribution in [2.45, 2.75) is 121 Å². The molecule has 13 heteroatoms. The van der Waals surface area contributed by atoms with E-state index in [4.69, 9.17) is 0 Å². The molecule has 7 atom stereocenters. The Morgan fingerprint density at radius 3 is 2.25 bits per heavy atom. The molecule has 1 heterocycles. The van der Waals surface area contributed by atoms with Gasteiger partial charge < -0.3 is 20.4 Å². The van der Waals surface area contributed by atoms with Gasteiger partial charge in [-0.25, -0.2) is 13.2 Å². The monoisotopic (exact) mass is 638 g/mol. The van der Waals surface area contributed by atoms with Crippen LogP contribution in [0.25, 0.3) is 0 Å². The zero-order chi connectivity index (χ0) is 33.4. The number of sulfonamides is 1. The summed E-state index contributed by atoms with van der Waals surface area (Å²) < 4.78 is 26.7. The van der Waals surface area contributed by atoms with Gasteiger partial charge in [0.15, 0.2) is 0 Å². The molecule has 0 radical (unpaired) electrons. The van der Waals surface area contributed by atoms with Crippen LogP contribution in [0.1, 0.15) is 86.5 Å². The van der Waals surface area contributed by atoms with Crippen LogP contribution in [0.5, 0.6) is 0 Å². The maximum atomic E-state index is 14.3. The topological polar surface area (TPSA) is 173 Å². The molecule has 1 saturated heterocycles. The van der Waals surface area contributed by atoms with Gasteiger partial charge in [-0.1, -0.05) is 26.0 Å².